The summed E-state index contributed by atoms with van der Waals surface area (Å²) in [5.41, 5.74) is 1.69. The molecule has 5 heteroatoms. The highest BCUT2D eigenvalue weighted by Crippen LogP contribution is 2.23. The van der Waals surface area contributed by atoms with Gasteiger partial charge >= 0.3 is 0 Å². The van der Waals surface area contributed by atoms with Gasteiger partial charge in [-0.25, -0.2) is 4.98 Å². The summed E-state index contributed by atoms with van der Waals surface area (Å²) in [6.45, 7) is 5.48. The fourth-order valence-corrected chi connectivity index (χ4v) is 3.21. The van der Waals surface area contributed by atoms with Crippen molar-refractivity contribution in [3.8, 4) is 0 Å². The Kier molecular flexibility index (Phi) is 4.37. The first-order chi connectivity index (χ1) is 11.1. The van der Waals surface area contributed by atoms with E-state index >= 15 is 0 Å². The maximum absolute atomic E-state index is 12.6. The topological polar surface area (TPSA) is 49.6 Å². The van der Waals surface area contributed by atoms with Crippen molar-refractivity contribution in [1.82, 2.24) is 9.88 Å². The summed E-state index contributed by atoms with van der Waals surface area (Å²) in [6, 6.07) is 10.7. The molecule has 23 heavy (non-hydrogen) atoms. The van der Waals surface area contributed by atoms with E-state index in [-0.39, 0.29) is 11.9 Å². The lowest BCUT2D eigenvalue weighted by Crippen LogP contribution is -2.45. The molecule has 0 radical (unpaired) electrons. The maximum Gasteiger partial charge on any atom is 0.276 e. The van der Waals surface area contributed by atoms with Crippen LogP contribution in [0.1, 0.15) is 35.0 Å². The van der Waals surface area contributed by atoms with Crippen molar-refractivity contribution in [3.05, 3.63) is 47.7 Å². The third-order valence-electron chi connectivity index (χ3n) is 4.56. The number of oxazole rings is 1. The average Bonchev–Trinajstić information content (AvgIpc) is 2.93. The van der Waals surface area contributed by atoms with Crippen LogP contribution in [0.25, 0.3) is 0 Å². The molecule has 2 aromatic rings. The van der Waals surface area contributed by atoms with Crippen molar-refractivity contribution < 1.29 is 9.21 Å². The van der Waals surface area contributed by atoms with Gasteiger partial charge in [-0.3, -0.25) is 4.79 Å². The van der Waals surface area contributed by atoms with Crippen LogP contribution in [0.5, 0.6) is 0 Å². The largest absolute Gasteiger partial charge is 0.445 e. The molecule has 0 spiro atoms. The second-order valence-electron chi connectivity index (χ2n) is 6.11. The second kappa shape index (κ2) is 6.44. The molecule has 1 aromatic heterocycles. The summed E-state index contributed by atoms with van der Waals surface area (Å²) < 4.78 is 5.38. The summed E-state index contributed by atoms with van der Waals surface area (Å²) in [7, 11) is 1.87. The van der Waals surface area contributed by atoms with Gasteiger partial charge < -0.3 is 14.2 Å². The Morgan fingerprint density at radius 3 is 2.43 bits per heavy atom. The van der Waals surface area contributed by atoms with Gasteiger partial charge in [0.2, 0.25) is 0 Å². The molecule has 1 saturated heterocycles. The molecule has 5 nitrogen and oxygen atoms in total. The molecule has 1 fully saturated rings. The molecule has 2 heterocycles. The number of anilines is 1. The van der Waals surface area contributed by atoms with Crippen LogP contribution in [0.3, 0.4) is 0 Å². The van der Waals surface area contributed by atoms with Gasteiger partial charge in [0.25, 0.3) is 5.91 Å². The predicted octanol–water partition coefficient (Wildman–Crippen LogP) is 3.03. The molecule has 0 aliphatic carbocycles. The molecule has 0 bridgehead atoms. The molecule has 1 aliphatic rings. The van der Waals surface area contributed by atoms with Crippen molar-refractivity contribution in [3.63, 3.8) is 0 Å². The van der Waals surface area contributed by atoms with E-state index in [1.807, 2.05) is 18.0 Å². The summed E-state index contributed by atoms with van der Waals surface area (Å²) in [6.07, 6.45) is 1.93. The molecule has 0 N–H and O–H groups in total. The van der Waals surface area contributed by atoms with Crippen LogP contribution in [0.2, 0.25) is 0 Å². The lowest BCUT2D eigenvalue weighted by molar-refractivity contribution is 0.0702. The number of carbonyl (C=O) groups is 1. The average molecular weight is 313 g/mol. The number of carbonyl (C=O) groups excluding carboxylic acids is 1. The fraction of sp³-hybridized carbons (Fsp3) is 0.444. The zero-order valence-corrected chi connectivity index (χ0v) is 14.0. The molecular formula is C18H23N3O2. The van der Waals surface area contributed by atoms with E-state index in [2.05, 4.69) is 34.1 Å². The Morgan fingerprint density at radius 2 is 1.87 bits per heavy atom. The first-order valence-corrected chi connectivity index (χ1v) is 8.07. The van der Waals surface area contributed by atoms with E-state index in [9.17, 15) is 4.79 Å². The second-order valence-corrected chi connectivity index (χ2v) is 6.11. The van der Waals surface area contributed by atoms with Crippen LogP contribution in [-0.4, -0.2) is 42.0 Å². The van der Waals surface area contributed by atoms with Gasteiger partial charge in [-0.05, 0) is 31.9 Å². The molecule has 0 atom stereocenters. The highest BCUT2D eigenvalue weighted by molar-refractivity contribution is 5.93. The lowest BCUT2D eigenvalue weighted by Gasteiger charge is -2.37. The van der Waals surface area contributed by atoms with Crippen LogP contribution >= 0.6 is 0 Å². The van der Waals surface area contributed by atoms with Gasteiger partial charge in [0.05, 0.1) is 0 Å². The number of amides is 1. The Morgan fingerprint density at radius 1 is 1.22 bits per heavy atom. The molecule has 1 aromatic carbocycles. The van der Waals surface area contributed by atoms with Crippen molar-refractivity contribution in [1.29, 1.82) is 0 Å². The SMILES string of the molecule is Cc1nc(C(=O)N(C)C2CCN(c3ccccc3)CC2)c(C)o1. The van der Waals surface area contributed by atoms with E-state index in [0.29, 0.717) is 17.3 Å². The summed E-state index contributed by atoms with van der Waals surface area (Å²) in [4.78, 5) is 21.0. The Balaban J connectivity index is 1.63. The van der Waals surface area contributed by atoms with Crippen LogP contribution in [0.4, 0.5) is 5.69 Å². The Hall–Kier alpha value is -2.30. The van der Waals surface area contributed by atoms with Crippen molar-refractivity contribution in [2.24, 2.45) is 0 Å². The number of rotatable bonds is 3. The smallest absolute Gasteiger partial charge is 0.276 e. The van der Waals surface area contributed by atoms with Gasteiger partial charge in [0.1, 0.15) is 5.76 Å². The van der Waals surface area contributed by atoms with Crippen LogP contribution in [-0.2, 0) is 0 Å². The first-order valence-electron chi connectivity index (χ1n) is 8.07. The van der Waals surface area contributed by atoms with E-state index in [4.69, 9.17) is 4.42 Å². The monoisotopic (exact) mass is 313 g/mol. The predicted molar refractivity (Wildman–Crippen MR) is 89.7 cm³/mol. The van der Waals surface area contributed by atoms with Gasteiger partial charge in [-0.1, -0.05) is 18.2 Å². The Labute approximate surface area is 136 Å². The molecule has 0 unspecified atom stereocenters. The zero-order valence-electron chi connectivity index (χ0n) is 14.0. The summed E-state index contributed by atoms with van der Waals surface area (Å²) >= 11 is 0. The third kappa shape index (κ3) is 3.23. The molecule has 1 amide bonds. The number of benzene rings is 1. The number of piperidine rings is 1. The maximum atomic E-state index is 12.6. The summed E-state index contributed by atoms with van der Waals surface area (Å²) in [5.74, 6) is 1.09. The highest BCUT2D eigenvalue weighted by Gasteiger charge is 2.28. The number of aryl methyl sites for hydroxylation is 2. The lowest BCUT2D eigenvalue weighted by atomic mass is 10.0. The molecular weight excluding hydrogens is 290 g/mol. The van der Waals surface area contributed by atoms with E-state index in [1.165, 1.54) is 5.69 Å². The minimum Gasteiger partial charge on any atom is -0.445 e. The van der Waals surface area contributed by atoms with E-state index in [1.54, 1.807) is 13.8 Å². The summed E-state index contributed by atoms with van der Waals surface area (Å²) in [5, 5.41) is 0. The standard InChI is InChI=1S/C18H23N3O2/c1-13-17(19-14(2)23-13)18(22)20(3)15-9-11-21(12-10-15)16-7-5-4-6-8-16/h4-8,15H,9-12H2,1-3H3. The van der Waals surface area contributed by atoms with Gasteiger partial charge in [-0.2, -0.15) is 0 Å². The van der Waals surface area contributed by atoms with Crippen LogP contribution < -0.4 is 4.90 Å². The van der Waals surface area contributed by atoms with Crippen LogP contribution in [0, 0.1) is 13.8 Å². The number of nitrogens with zero attached hydrogens (tertiary/aromatic N) is 3. The fourth-order valence-electron chi connectivity index (χ4n) is 3.21. The number of para-hydroxylation sites is 1. The molecule has 3 rings (SSSR count). The molecule has 0 saturated carbocycles. The highest BCUT2D eigenvalue weighted by atomic mass is 16.4. The van der Waals surface area contributed by atoms with Gasteiger partial charge in [0, 0.05) is 38.8 Å². The van der Waals surface area contributed by atoms with Crippen molar-refractivity contribution in [2.75, 3.05) is 25.0 Å². The van der Waals surface area contributed by atoms with E-state index in [0.717, 1.165) is 25.9 Å². The number of aromatic nitrogens is 1. The quantitative estimate of drug-likeness (QED) is 0.874. The van der Waals surface area contributed by atoms with Gasteiger partial charge in [0.15, 0.2) is 11.6 Å². The number of hydrogen-bond donors (Lipinski definition) is 0. The minimum absolute atomic E-state index is 0.0440. The zero-order chi connectivity index (χ0) is 16.4. The first kappa shape index (κ1) is 15.6. The third-order valence-corrected chi connectivity index (χ3v) is 4.56. The normalized spacial score (nSPS) is 15.7. The van der Waals surface area contributed by atoms with Crippen molar-refractivity contribution in [2.45, 2.75) is 32.7 Å². The van der Waals surface area contributed by atoms with Crippen LogP contribution in [0.15, 0.2) is 34.7 Å². The minimum atomic E-state index is -0.0440. The van der Waals surface area contributed by atoms with Crippen molar-refractivity contribution >= 4 is 11.6 Å². The Bertz CT molecular complexity index is 673. The molecule has 122 valence electrons. The molecule has 1 aliphatic heterocycles. The van der Waals surface area contributed by atoms with E-state index < -0.39 is 0 Å². The van der Waals surface area contributed by atoms with Gasteiger partial charge in [-0.15, -0.1) is 0 Å². The number of hydrogen-bond acceptors (Lipinski definition) is 4.